The molecule has 1 amide bonds. The van der Waals surface area contributed by atoms with E-state index in [1.54, 1.807) is 11.0 Å². The molecule has 1 aliphatic rings. The van der Waals surface area contributed by atoms with Crippen LogP contribution in [0.1, 0.15) is 27.2 Å². The topological polar surface area (TPSA) is 58.8 Å². The summed E-state index contributed by atoms with van der Waals surface area (Å²) in [6, 6.07) is 4.36. The molecule has 1 heterocycles. The molecule has 6 heteroatoms. The van der Waals surface area contributed by atoms with Crippen LogP contribution in [0.15, 0.2) is 18.2 Å². The number of anilines is 2. The number of amides is 1. The molecule has 2 rings (SSSR count). The molecule has 0 saturated carbocycles. The molecule has 0 bridgehead atoms. The summed E-state index contributed by atoms with van der Waals surface area (Å²) in [7, 11) is 0. The van der Waals surface area contributed by atoms with Gasteiger partial charge < -0.3 is 20.3 Å². The van der Waals surface area contributed by atoms with Crippen LogP contribution in [0, 0.1) is 5.82 Å². The molecule has 1 aromatic carbocycles. The number of hydrogen-bond donors (Lipinski definition) is 1. The number of carbonyl (C=O) groups excluding carboxylic acids is 1. The summed E-state index contributed by atoms with van der Waals surface area (Å²) in [4.78, 5) is 15.8. The lowest BCUT2D eigenvalue weighted by Gasteiger charge is -2.27. The fourth-order valence-corrected chi connectivity index (χ4v) is 2.46. The Kier molecular flexibility index (Phi) is 4.78. The largest absolute Gasteiger partial charge is 0.444 e. The van der Waals surface area contributed by atoms with Gasteiger partial charge in [0.2, 0.25) is 0 Å². The summed E-state index contributed by atoms with van der Waals surface area (Å²) in [6.45, 7) is 8.04. The fraction of sp³-hybridized carbons (Fsp3) is 0.562. The van der Waals surface area contributed by atoms with Crippen LogP contribution in [0.2, 0.25) is 0 Å². The third kappa shape index (κ3) is 4.26. The normalized spacial score (nSPS) is 16.4. The van der Waals surface area contributed by atoms with Crippen molar-refractivity contribution in [3.63, 3.8) is 0 Å². The van der Waals surface area contributed by atoms with Crippen molar-refractivity contribution < 1.29 is 13.9 Å². The van der Waals surface area contributed by atoms with Gasteiger partial charge in [-0.3, -0.25) is 0 Å². The first-order chi connectivity index (χ1) is 10.3. The SMILES string of the molecule is CC(C)(C)OC(=O)N1CCCN(c2cc(F)ccc2N)CC1. The van der Waals surface area contributed by atoms with Crippen LogP contribution in [0.25, 0.3) is 0 Å². The minimum atomic E-state index is -0.504. The number of rotatable bonds is 1. The Bertz CT molecular complexity index is 543. The maximum Gasteiger partial charge on any atom is 0.410 e. The van der Waals surface area contributed by atoms with E-state index in [4.69, 9.17) is 10.5 Å². The number of halogens is 1. The summed E-state index contributed by atoms with van der Waals surface area (Å²) in [5, 5.41) is 0. The molecule has 22 heavy (non-hydrogen) atoms. The second kappa shape index (κ2) is 6.42. The molecule has 0 spiro atoms. The van der Waals surface area contributed by atoms with Crippen molar-refractivity contribution in [2.24, 2.45) is 0 Å². The standard InChI is InChI=1S/C16H24FN3O2/c1-16(2,3)22-15(21)20-8-4-7-19(9-10-20)14-11-12(17)5-6-13(14)18/h5-6,11H,4,7-10,18H2,1-3H3. The summed E-state index contributed by atoms with van der Waals surface area (Å²) in [5.74, 6) is -0.308. The summed E-state index contributed by atoms with van der Waals surface area (Å²) < 4.78 is 18.8. The van der Waals surface area contributed by atoms with Crippen LogP contribution in [0.5, 0.6) is 0 Å². The summed E-state index contributed by atoms with van der Waals surface area (Å²) in [5.41, 5.74) is 6.67. The molecule has 5 nitrogen and oxygen atoms in total. The van der Waals surface area contributed by atoms with Gasteiger partial charge in [-0.25, -0.2) is 9.18 Å². The van der Waals surface area contributed by atoms with Gasteiger partial charge in [0.15, 0.2) is 0 Å². The second-order valence-corrected chi connectivity index (χ2v) is 6.51. The molecule has 0 radical (unpaired) electrons. The predicted molar refractivity (Wildman–Crippen MR) is 85.4 cm³/mol. The van der Waals surface area contributed by atoms with E-state index in [0.717, 1.165) is 13.0 Å². The van der Waals surface area contributed by atoms with E-state index in [2.05, 4.69) is 0 Å². The van der Waals surface area contributed by atoms with Crippen molar-refractivity contribution in [3.8, 4) is 0 Å². The van der Waals surface area contributed by atoms with E-state index in [1.807, 2.05) is 25.7 Å². The van der Waals surface area contributed by atoms with Crippen molar-refractivity contribution in [3.05, 3.63) is 24.0 Å². The zero-order chi connectivity index (χ0) is 16.3. The Labute approximate surface area is 130 Å². The quantitative estimate of drug-likeness (QED) is 0.810. The van der Waals surface area contributed by atoms with Crippen LogP contribution in [0.4, 0.5) is 20.6 Å². The Morgan fingerprint density at radius 1 is 1.23 bits per heavy atom. The first-order valence-electron chi connectivity index (χ1n) is 7.54. The summed E-state index contributed by atoms with van der Waals surface area (Å²) in [6.07, 6.45) is 0.483. The molecule has 122 valence electrons. The smallest absolute Gasteiger partial charge is 0.410 e. The molecule has 0 aromatic heterocycles. The fourth-order valence-electron chi connectivity index (χ4n) is 2.46. The average molecular weight is 309 g/mol. The first-order valence-corrected chi connectivity index (χ1v) is 7.54. The Hall–Kier alpha value is -1.98. The van der Waals surface area contributed by atoms with E-state index >= 15 is 0 Å². The highest BCUT2D eigenvalue weighted by atomic mass is 19.1. The van der Waals surface area contributed by atoms with Gasteiger partial charge in [-0.15, -0.1) is 0 Å². The molecule has 1 fully saturated rings. The van der Waals surface area contributed by atoms with Gasteiger partial charge in [-0.1, -0.05) is 0 Å². The van der Waals surface area contributed by atoms with Crippen LogP contribution >= 0.6 is 0 Å². The molecule has 2 N–H and O–H groups in total. The number of hydrogen-bond acceptors (Lipinski definition) is 4. The highest BCUT2D eigenvalue weighted by Crippen LogP contribution is 2.25. The van der Waals surface area contributed by atoms with Crippen LogP contribution in [-0.4, -0.2) is 42.8 Å². The Morgan fingerprint density at radius 2 is 1.95 bits per heavy atom. The van der Waals surface area contributed by atoms with E-state index in [0.29, 0.717) is 31.0 Å². The van der Waals surface area contributed by atoms with Crippen LogP contribution in [0.3, 0.4) is 0 Å². The molecule has 0 unspecified atom stereocenters. The lowest BCUT2D eigenvalue weighted by atomic mass is 10.2. The van der Waals surface area contributed by atoms with Gasteiger partial charge in [-0.05, 0) is 45.4 Å². The van der Waals surface area contributed by atoms with Crippen molar-refractivity contribution in [1.82, 2.24) is 4.90 Å². The average Bonchev–Trinajstić information content (AvgIpc) is 2.65. The minimum Gasteiger partial charge on any atom is -0.444 e. The van der Waals surface area contributed by atoms with E-state index in [1.165, 1.54) is 12.1 Å². The molecule has 0 atom stereocenters. The predicted octanol–water partition coefficient (Wildman–Crippen LogP) is 2.86. The number of carbonyl (C=O) groups is 1. The van der Waals surface area contributed by atoms with Gasteiger partial charge in [0.25, 0.3) is 0 Å². The molecular formula is C16H24FN3O2. The monoisotopic (exact) mass is 309 g/mol. The molecule has 1 aromatic rings. The van der Waals surface area contributed by atoms with E-state index < -0.39 is 5.60 Å². The van der Waals surface area contributed by atoms with Gasteiger partial charge in [0.1, 0.15) is 11.4 Å². The zero-order valence-corrected chi connectivity index (χ0v) is 13.4. The maximum absolute atomic E-state index is 13.4. The maximum atomic E-state index is 13.4. The van der Waals surface area contributed by atoms with Crippen molar-refractivity contribution in [2.45, 2.75) is 32.8 Å². The molecular weight excluding hydrogens is 285 g/mol. The van der Waals surface area contributed by atoms with E-state index in [-0.39, 0.29) is 11.9 Å². The van der Waals surface area contributed by atoms with Crippen LogP contribution in [-0.2, 0) is 4.74 Å². The lowest BCUT2D eigenvalue weighted by molar-refractivity contribution is 0.0263. The first kappa shape index (κ1) is 16.4. The molecule has 1 aliphatic heterocycles. The lowest BCUT2D eigenvalue weighted by Crippen LogP contribution is -2.39. The highest BCUT2D eigenvalue weighted by molar-refractivity contribution is 5.69. The molecule has 0 aliphatic carbocycles. The molecule has 1 saturated heterocycles. The van der Waals surface area contributed by atoms with Crippen LogP contribution < -0.4 is 10.6 Å². The number of nitrogen functional groups attached to an aromatic ring is 1. The minimum absolute atomic E-state index is 0.304. The Balaban J connectivity index is 2.03. The van der Waals surface area contributed by atoms with Gasteiger partial charge in [0.05, 0.1) is 11.4 Å². The van der Waals surface area contributed by atoms with Gasteiger partial charge >= 0.3 is 6.09 Å². The number of ether oxygens (including phenoxy) is 1. The Morgan fingerprint density at radius 3 is 2.64 bits per heavy atom. The van der Waals surface area contributed by atoms with Gasteiger partial charge in [-0.2, -0.15) is 0 Å². The number of benzene rings is 1. The summed E-state index contributed by atoms with van der Waals surface area (Å²) >= 11 is 0. The third-order valence-electron chi connectivity index (χ3n) is 3.48. The van der Waals surface area contributed by atoms with E-state index in [9.17, 15) is 9.18 Å². The zero-order valence-electron chi connectivity index (χ0n) is 13.4. The van der Waals surface area contributed by atoms with Crippen molar-refractivity contribution >= 4 is 17.5 Å². The number of nitrogens with two attached hydrogens (primary N) is 1. The highest BCUT2D eigenvalue weighted by Gasteiger charge is 2.25. The van der Waals surface area contributed by atoms with Crippen molar-refractivity contribution in [1.29, 1.82) is 0 Å². The number of nitrogens with zero attached hydrogens (tertiary/aromatic N) is 2. The third-order valence-corrected chi connectivity index (χ3v) is 3.48. The second-order valence-electron chi connectivity index (χ2n) is 6.51. The van der Waals surface area contributed by atoms with Gasteiger partial charge in [0, 0.05) is 26.2 Å². The van der Waals surface area contributed by atoms with Crippen molar-refractivity contribution in [2.75, 3.05) is 36.8 Å².